The zero-order valence-corrected chi connectivity index (χ0v) is 16.3. The minimum Gasteiger partial charge on any atom is -0.370 e. The number of aromatic nitrogens is 1. The summed E-state index contributed by atoms with van der Waals surface area (Å²) in [6.07, 6.45) is 8.63. The Balaban J connectivity index is 1.19. The van der Waals surface area contributed by atoms with E-state index in [1.165, 1.54) is 5.56 Å². The van der Waals surface area contributed by atoms with Crippen LogP contribution >= 0.6 is 0 Å². The number of carbonyl (C=O) groups is 1. The molecule has 1 aromatic carbocycles. The summed E-state index contributed by atoms with van der Waals surface area (Å²) < 4.78 is 6.44. The van der Waals surface area contributed by atoms with E-state index in [9.17, 15) is 4.79 Å². The lowest BCUT2D eigenvalue weighted by molar-refractivity contribution is -0.122. The molecule has 0 radical (unpaired) electrons. The Morgan fingerprint density at radius 3 is 2.64 bits per heavy atom. The van der Waals surface area contributed by atoms with Gasteiger partial charge in [0.1, 0.15) is 0 Å². The van der Waals surface area contributed by atoms with Crippen LogP contribution in [-0.4, -0.2) is 47.1 Å². The highest BCUT2D eigenvalue weighted by molar-refractivity contribution is 5.78. The smallest absolute Gasteiger partial charge is 0.224 e. The van der Waals surface area contributed by atoms with Gasteiger partial charge in [-0.2, -0.15) is 0 Å². The highest BCUT2D eigenvalue weighted by Crippen LogP contribution is 2.38. The maximum atomic E-state index is 12.2. The third kappa shape index (κ3) is 4.97. The molecule has 2 aliphatic heterocycles. The first kappa shape index (κ1) is 19.1. The molecule has 1 aromatic heterocycles. The standard InChI is InChI=1S/C23H29N3O2/c27-22(15-19-5-2-1-3-6-19)25-17-21-8-9-23(28-21)10-13-26(14-11-23)18-20-7-4-12-24-16-20/h1-7,12,16,21H,8-11,13-15,17-18H2,(H,25,27). The zero-order chi connectivity index (χ0) is 19.2. The van der Waals surface area contributed by atoms with Gasteiger partial charge in [0, 0.05) is 38.6 Å². The molecule has 1 spiro atoms. The predicted molar refractivity (Wildman–Crippen MR) is 109 cm³/mol. The van der Waals surface area contributed by atoms with E-state index in [1.54, 1.807) is 0 Å². The van der Waals surface area contributed by atoms with Gasteiger partial charge in [-0.05, 0) is 42.9 Å². The van der Waals surface area contributed by atoms with Crippen molar-refractivity contribution in [1.29, 1.82) is 0 Å². The van der Waals surface area contributed by atoms with Gasteiger partial charge in [-0.25, -0.2) is 0 Å². The maximum Gasteiger partial charge on any atom is 0.224 e. The fourth-order valence-corrected chi connectivity index (χ4v) is 4.35. The predicted octanol–water partition coefficient (Wildman–Crippen LogP) is 2.95. The van der Waals surface area contributed by atoms with E-state index in [0.29, 0.717) is 13.0 Å². The summed E-state index contributed by atoms with van der Waals surface area (Å²) in [5, 5.41) is 3.06. The van der Waals surface area contributed by atoms with E-state index in [1.807, 2.05) is 48.8 Å². The number of piperidine rings is 1. The number of nitrogens with one attached hydrogen (secondary N) is 1. The number of rotatable bonds is 6. The first-order valence-electron chi connectivity index (χ1n) is 10.3. The van der Waals surface area contributed by atoms with Gasteiger partial charge in [0.15, 0.2) is 0 Å². The minimum absolute atomic E-state index is 0.0141. The molecule has 1 amide bonds. The Bertz CT molecular complexity index is 758. The van der Waals surface area contributed by atoms with Crippen molar-refractivity contribution in [2.75, 3.05) is 19.6 Å². The van der Waals surface area contributed by atoms with Crippen molar-refractivity contribution in [2.45, 2.75) is 50.4 Å². The van der Waals surface area contributed by atoms with E-state index in [0.717, 1.165) is 50.9 Å². The van der Waals surface area contributed by atoms with Gasteiger partial charge in [0.05, 0.1) is 18.1 Å². The molecule has 1 unspecified atom stereocenters. The summed E-state index contributed by atoms with van der Waals surface area (Å²) in [4.78, 5) is 18.9. The Hall–Kier alpha value is -2.24. The van der Waals surface area contributed by atoms with Crippen molar-refractivity contribution in [1.82, 2.24) is 15.2 Å². The average Bonchev–Trinajstić information content (AvgIpc) is 3.13. The zero-order valence-electron chi connectivity index (χ0n) is 16.3. The normalized spacial score (nSPS) is 21.6. The number of ether oxygens (including phenoxy) is 1. The van der Waals surface area contributed by atoms with Crippen molar-refractivity contribution in [3.63, 3.8) is 0 Å². The third-order valence-corrected chi connectivity index (χ3v) is 5.97. The van der Waals surface area contributed by atoms with Crippen molar-refractivity contribution in [3.8, 4) is 0 Å². The van der Waals surface area contributed by atoms with Crippen LogP contribution in [0.15, 0.2) is 54.9 Å². The lowest BCUT2D eigenvalue weighted by atomic mass is 9.88. The number of carbonyl (C=O) groups excluding carboxylic acids is 1. The second-order valence-corrected chi connectivity index (χ2v) is 8.07. The Kier molecular flexibility index (Phi) is 6.03. The van der Waals surface area contributed by atoms with Crippen LogP contribution in [0.5, 0.6) is 0 Å². The maximum absolute atomic E-state index is 12.2. The number of amides is 1. The topological polar surface area (TPSA) is 54.5 Å². The lowest BCUT2D eigenvalue weighted by Gasteiger charge is -2.39. The summed E-state index contributed by atoms with van der Waals surface area (Å²) in [7, 11) is 0. The number of hydrogen-bond donors (Lipinski definition) is 1. The molecule has 28 heavy (non-hydrogen) atoms. The summed E-state index contributed by atoms with van der Waals surface area (Å²) in [6.45, 7) is 3.69. The average molecular weight is 380 g/mol. The molecule has 3 heterocycles. The van der Waals surface area contributed by atoms with Crippen molar-refractivity contribution < 1.29 is 9.53 Å². The van der Waals surface area contributed by atoms with Gasteiger partial charge < -0.3 is 10.1 Å². The van der Waals surface area contributed by atoms with Gasteiger partial charge in [-0.1, -0.05) is 36.4 Å². The van der Waals surface area contributed by atoms with Crippen LogP contribution in [0, 0.1) is 0 Å². The van der Waals surface area contributed by atoms with Gasteiger partial charge in [-0.15, -0.1) is 0 Å². The number of likely N-dealkylation sites (tertiary alicyclic amines) is 1. The molecular weight excluding hydrogens is 350 g/mol. The molecule has 148 valence electrons. The Labute approximate surface area is 167 Å². The van der Waals surface area contributed by atoms with Gasteiger partial charge in [0.2, 0.25) is 5.91 Å². The second-order valence-electron chi connectivity index (χ2n) is 8.07. The fourth-order valence-electron chi connectivity index (χ4n) is 4.35. The third-order valence-electron chi connectivity index (χ3n) is 5.97. The molecule has 5 nitrogen and oxygen atoms in total. The monoisotopic (exact) mass is 379 g/mol. The molecule has 2 aliphatic rings. The molecule has 1 N–H and O–H groups in total. The molecule has 2 saturated heterocycles. The van der Waals surface area contributed by atoms with Crippen LogP contribution in [0.4, 0.5) is 0 Å². The first-order valence-corrected chi connectivity index (χ1v) is 10.3. The number of pyridine rings is 1. The van der Waals surface area contributed by atoms with E-state index in [4.69, 9.17) is 4.74 Å². The molecular formula is C23H29N3O2. The molecule has 4 rings (SSSR count). The first-order chi connectivity index (χ1) is 13.7. The van der Waals surface area contributed by atoms with Gasteiger partial charge in [-0.3, -0.25) is 14.7 Å². The van der Waals surface area contributed by atoms with Crippen LogP contribution in [0.1, 0.15) is 36.8 Å². The van der Waals surface area contributed by atoms with Crippen molar-refractivity contribution in [3.05, 3.63) is 66.0 Å². The minimum atomic E-state index is 0.0141. The van der Waals surface area contributed by atoms with Gasteiger partial charge in [0.25, 0.3) is 0 Å². The number of nitrogens with zero attached hydrogens (tertiary/aromatic N) is 2. The number of benzene rings is 1. The summed E-state index contributed by atoms with van der Waals surface area (Å²) in [6, 6.07) is 14.0. The van der Waals surface area contributed by atoms with Crippen LogP contribution in [-0.2, 0) is 22.5 Å². The van der Waals surface area contributed by atoms with E-state index in [-0.39, 0.29) is 17.6 Å². The van der Waals surface area contributed by atoms with Crippen molar-refractivity contribution >= 4 is 5.91 Å². The quantitative estimate of drug-likeness (QED) is 0.838. The fraction of sp³-hybridized carbons (Fsp3) is 0.478. The number of hydrogen-bond acceptors (Lipinski definition) is 4. The van der Waals surface area contributed by atoms with Crippen LogP contribution in [0.25, 0.3) is 0 Å². The largest absolute Gasteiger partial charge is 0.370 e. The summed E-state index contributed by atoms with van der Waals surface area (Å²) in [5.74, 6) is 0.0713. The van der Waals surface area contributed by atoms with Crippen LogP contribution in [0.2, 0.25) is 0 Å². The highest BCUT2D eigenvalue weighted by atomic mass is 16.5. The molecule has 5 heteroatoms. The van der Waals surface area contributed by atoms with E-state index < -0.39 is 0 Å². The Morgan fingerprint density at radius 1 is 1.11 bits per heavy atom. The summed E-state index contributed by atoms with van der Waals surface area (Å²) >= 11 is 0. The molecule has 0 saturated carbocycles. The summed E-state index contributed by atoms with van der Waals surface area (Å²) in [5.41, 5.74) is 2.33. The molecule has 0 bridgehead atoms. The van der Waals surface area contributed by atoms with Crippen LogP contribution < -0.4 is 5.32 Å². The second kappa shape index (κ2) is 8.84. The van der Waals surface area contributed by atoms with Gasteiger partial charge >= 0.3 is 0 Å². The van der Waals surface area contributed by atoms with E-state index >= 15 is 0 Å². The highest BCUT2D eigenvalue weighted by Gasteiger charge is 2.42. The molecule has 2 aromatic rings. The molecule has 0 aliphatic carbocycles. The van der Waals surface area contributed by atoms with Crippen molar-refractivity contribution in [2.24, 2.45) is 0 Å². The lowest BCUT2D eigenvalue weighted by Crippen LogP contribution is -2.45. The SMILES string of the molecule is O=C(Cc1ccccc1)NCC1CCC2(CCN(Cc3cccnc3)CC2)O1. The molecule has 2 fully saturated rings. The van der Waals surface area contributed by atoms with Crippen LogP contribution in [0.3, 0.4) is 0 Å². The Morgan fingerprint density at radius 2 is 1.89 bits per heavy atom. The van der Waals surface area contributed by atoms with E-state index in [2.05, 4.69) is 21.3 Å². The molecule has 1 atom stereocenters.